The van der Waals surface area contributed by atoms with E-state index < -0.39 is 6.09 Å². The van der Waals surface area contributed by atoms with E-state index in [0.29, 0.717) is 25.1 Å². The van der Waals surface area contributed by atoms with Gasteiger partial charge in [0.1, 0.15) is 6.61 Å². The van der Waals surface area contributed by atoms with Crippen molar-refractivity contribution in [3.05, 3.63) is 53.6 Å². The zero-order chi connectivity index (χ0) is 25.7. The van der Waals surface area contributed by atoms with Crippen LogP contribution in [0.2, 0.25) is 0 Å². The normalized spacial score (nSPS) is 17.2. The fourth-order valence-corrected chi connectivity index (χ4v) is 4.25. The Kier molecular flexibility index (Phi) is 8.51. The number of hydrogen-bond donors (Lipinski definition) is 1. The molecule has 0 aromatic heterocycles. The minimum absolute atomic E-state index is 0.0492. The second-order valence-electron chi connectivity index (χ2n) is 9.41. The molecule has 8 heteroatoms. The van der Waals surface area contributed by atoms with Crippen LogP contribution in [0.3, 0.4) is 0 Å². The summed E-state index contributed by atoms with van der Waals surface area (Å²) in [6, 6.07) is 12.7. The number of carbonyl (C=O) groups is 3. The van der Waals surface area contributed by atoms with Gasteiger partial charge >= 0.3 is 12.1 Å². The van der Waals surface area contributed by atoms with Crippen LogP contribution in [0, 0.1) is 0 Å². The van der Waals surface area contributed by atoms with Gasteiger partial charge in [-0.15, -0.1) is 0 Å². The summed E-state index contributed by atoms with van der Waals surface area (Å²) in [6.45, 7) is 8.11. The van der Waals surface area contributed by atoms with Gasteiger partial charge in [0.25, 0.3) is 0 Å². The number of likely N-dealkylation sites (N-methyl/N-ethyl adjacent to an activating group) is 1. The van der Waals surface area contributed by atoms with Crippen LogP contribution in [0.1, 0.15) is 56.1 Å². The summed E-state index contributed by atoms with van der Waals surface area (Å²) in [5, 5.41) is 2.96. The molecule has 2 atom stereocenters. The first-order chi connectivity index (χ1) is 16.6. The molecular weight excluding hydrogens is 446 g/mol. The van der Waals surface area contributed by atoms with Crippen LogP contribution < -0.4 is 10.2 Å². The van der Waals surface area contributed by atoms with Crippen LogP contribution in [0.25, 0.3) is 11.1 Å². The molecule has 0 radical (unpaired) electrons. The second-order valence-corrected chi connectivity index (χ2v) is 9.41. The minimum atomic E-state index is -0.484. The average Bonchev–Trinajstić information content (AvgIpc) is 2.77. The molecule has 0 spiro atoms. The van der Waals surface area contributed by atoms with Gasteiger partial charge in [0.05, 0.1) is 17.7 Å². The van der Waals surface area contributed by atoms with Gasteiger partial charge in [0.2, 0.25) is 5.91 Å². The first kappa shape index (κ1) is 26.2. The van der Waals surface area contributed by atoms with Crippen molar-refractivity contribution in [2.45, 2.75) is 52.3 Å². The van der Waals surface area contributed by atoms with Gasteiger partial charge in [0.15, 0.2) is 0 Å². The molecule has 1 aliphatic rings. The standard InChI is InChI=1S/C27H35N3O5/c1-17(2)35-27(33)28-24-15-18(3)30(19(4)31)25-12-11-22(16-23(24)25)20-7-9-21(10-8-20)26(32)34-14-13-29(5)6/h7-12,16-18,24H,13-15H2,1-6H3,(H,28,33)/t18-,24+/m0/s1. The van der Waals surface area contributed by atoms with Crippen LogP contribution in [0.4, 0.5) is 10.5 Å². The highest BCUT2D eigenvalue weighted by Crippen LogP contribution is 2.39. The van der Waals surface area contributed by atoms with E-state index in [9.17, 15) is 14.4 Å². The topological polar surface area (TPSA) is 88.2 Å². The van der Waals surface area contributed by atoms with Crippen LogP contribution in [-0.2, 0) is 14.3 Å². The Labute approximate surface area is 207 Å². The predicted molar refractivity (Wildman–Crippen MR) is 135 cm³/mol. The van der Waals surface area contributed by atoms with E-state index in [2.05, 4.69) is 5.32 Å². The minimum Gasteiger partial charge on any atom is -0.461 e. The molecule has 1 heterocycles. The van der Waals surface area contributed by atoms with E-state index in [4.69, 9.17) is 9.47 Å². The van der Waals surface area contributed by atoms with E-state index in [1.54, 1.807) is 37.8 Å². The van der Waals surface area contributed by atoms with Crippen molar-refractivity contribution in [1.29, 1.82) is 0 Å². The zero-order valence-corrected chi connectivity index (χ0v) is 21.3. The first-order valence-corrected chi connectivity index (χ1v) is 11.9. The Morgan fingerprint density at radius 2 is 1.74 bits per heavy atom. The number of alkyl carbamates (subject to hydrolysis) is 1. The summed E-state index contributed by atoms with van der Waals surface area (Å²) >= 11 is 0. The van der Waals surface area contributed by atoms with Crippen molar-refractivity contribution in [3.63, 3.8) is 0 Å². The summed E-state index contributed by atoms with van der Waals surface area (Å²) < 4.78 is 10.6. The number of anilines is 1. The number of benzene rings is 2. The quantitative estimate of drug-likeness (QED) is 0.590. The summed E-state index contributed by atoms with van der Waals surface area (Å²) in [4.78, 5) is 40.7. The maximum absolute atomic E-state index is 12.4. The highest BCUT2D eigenvalue weighted by molar-refractivity contribution is 5.94. The lowest BCUT2D eigenvalue weighted by atomic mass is 9.89. The van der Waals surface area contributed by atoms with Gasteiger partial charge in [-0.2, -0.15) is 0 Å². The molecule has 3 rings (SSSR count). The monoisotopic (exact) mass is 481 g/mol. The molecule has 188 valence electrons. The Hall–Kier alpha value is -3.39. The third kappa shape index (κ3) is 6.60. The number of fused-ring (bicyclic) bond motifs is 1. The highest BCUT2D eigenvalue weighted by Gasteiger charge is 2.33. The molecule has 0 fully saturated rings. The maximum Gasteiger partial charge on any atom is 0.407 e. The lowest BCUT2D eigenvalue weighted by Gasteiger charge is -2.39. The van der Waals surface area contributed by atoms with Crippen molar-refractivity contribution in [1.82, 2.24) is 10.2 Å². The van der Waals surface area contributed by atoms with Crippen molar-refractivity contribution in [3.8, 4) is 11.1 Å². The number of ether oxygens (including phenoxy) is 2. The van der Waals surface area contributed by atoms with Crippen molar-refractivity contribution in [2.75, 3.05) is 32.1 Å². The summed E-state index contributed by atoms with van der Waals surface area (Å²) in [5.74, 6) is -0.408. The Morgan fingerprint density at radius 3 is 2.34 bits per heavy atom. The molecule has 35 heavy (non-hydrogen) atoms. The Balaban J connectivity index is 1.87. The molecule has 0 saturated carbocycles. The maximum atomic E-state index is 12.4. The molecule has 0 saturated heterocycles. The number of rotatable bonds is 7. The Morgan fingerprint density at radius 1 is 1.09 bits per heavy atom. The van der Waals surface area contributed by atoms with E-state index in [1.807, 2.05) is 56.3 Å². The fraction of sp³-hybridized carbons (Fsp3) is 0.444. The van der Waals surface area contributed by atoms with Crippen LogP contribution in [-0.4, -0.2) is 62.3 Å². The molecular formula is C27H35N3O5. The van der Waals surface area contributed by atoms with Gasteiger partial charge in [-0.25, -0.2) is 9.59 Å². The largest absolute Gasteiger partial charge is 0.461 e. The van der Waals surface area contributed by atoms with E-state index >= 15 is 0 Å². The smallest absolute Gasteiger partial charge is 0.407 e. The molecule has 0 aliphatic carbocycles. The number of nitrogens with zero attached hydrogens (tertiary/aromatic N) is 2. The lowest BCUT2D eigenvalue weighted by molar-refractivity contribution is -0.117. The third-order valence-corrected chi connectivity index (χ3v) is 5.88. The number of amides is 2. The van der Waals surface area contributed by atoms with E-state index in [1.165, 1.54) is 0 Å². The van der Waals surface area contributed by atoms with Crippen molar-refractivity contribution < 1.29 is 23.9 Å². The number of carbonyl (C=O) groups excluding carboxylic acids is 3. The number of esters is 1. The van der Waals surface area contributed by atoms with Crippen molar-refractivity contribution >= 4 is 23.7 Å². The average molecular weight is 482 g/mol. The number of nitrogens with one attached hydrogen (secondary N) is 1. The predicted octanol–water partition coefficient (Wildman–Crippen LogP) is 4.39. The molecule has 1 aliphatic heterocycles. The molecule has 0 bridgehead atoms. The molecule has 2 aromatic rings. The summed E-state index contributed by atoms with van der Waals surface area (Å²) in [5.41, 5.74) is 3.94. The van der Waals surface area contributed by atoms with Crippen LogP contribution in [0.15, 0.2) is 42.5 Å². The van der Waals surface area contributed by atoms with Crippen molar-refractivity contribution in [2.24, 2.45) is 0 Å². The van der Waals surface area contributed by atoms with Gasteiger partial charge in [-0.05, 0) is 82.2 Å². The van der Waals surface area contributed by atoms with Crippen LogP contribution >= 0.6 is 0 Å². The highest BCUT2D eigenvalue weighted by atomic mass is 16.6. The summed E-state index contributed by atoms with van der Waals surface area (Å²) in [7, 11) is 3.84. The first-order valence-electron chi connectivity index (χ1n) is 11.9. The van der Waals surface area contributed by atoms with Gasteiger partial charge in [-0.1, -0.05) is 18.2 Å². The third-order valence-electron chi connectivity index (χ3n) is 5.88. The molecule has 2 aromatic carbocycles. The molecule has 0 unspecified atom stereocenters. The molecule has 2 amide bonds. The van der Waals surface area contributed by atoms with Gasteiger partial charge < -0.3 is 24.6 Å². The second kappa shape index (κ2) is 11.4. The van der Waals surface area contributed by atoms with E-state index in [-0.39, 0.29) is 30.1 Å². The van der Waals surface area contributed by atoms with E-state index in [0.717, 1.165) is 22.4 Å². The van der Waals surface area contributed by atoms with Crippen LogP contribution in [0.5, 0.6) is 0 Å². The van der Waals surface area contributed by atoms with Gasteiger partial charge in [0, 0.05) is 25.2 Å². The lowest BCUT2D eigenvalue weighted by Crippen LogP contribution is -2.45. The SMILES string of the molecule is CC(=O)N1c2ccc(-c3ccc(C(=O)OCCN(C)C)cc3)cc2[C@H](NC(=O)OC(C)C)C[C@@H]1C. The Bertz CT molecular complexity index is 1060. The fourth-order valence-electron chi connectivity index (χ4n) is 4.25. The van der Waals surface area contributed by atoms with Gasteiger partial charge in [-0.3, -0.25) is 4.79 Å². The molecule has 8 nitrogen and oxygen atoms in total. The zero-order valence-electron chi connectivity index (χ0n) is 21.3. The summed E-state index contributed by atoms with van der Waals surface area (Å²) in [6.07, 6.45) is -0.147. The number of hydrogen-bond acceptors (Lipinski definition) is 6. The molecule has 1 N–H and O–H groups in total.